The number of amides is 1. The van der Waals surface area contributed by atoms with Gasteiger partial charge in [0.1, 0.15) is 11.5 Å². The molecule has 1 aliphatic rings. The minimum atomic E-state index is -0.679. The van der Waals surface area contributed by atoms with Gasteiger partial charge in [-0.1, -0.05) is 42.5 Å². The summed E-state index contributed by atoms with van der Waals surface area (Å²) in [6, 6.07) is 23.8. The van der Waals surface area contributed by atoms with Crippen LogP contribution in [0.5, 0.6) is 5.75 Å². The van der Waals surface area contributed by atoms with E-state index in [0.29, 0.717) is 30.9 Å². The highest BCUT2D eigenvalue weighted by atomic mass is 16.5. The van der Waals surface area contributed by atoms with Crippen LogP contribution in [0.3, 0.4) is 0 Å². The van der Waals surface area contributed by atoms with Gasteiger partial charge in [-0.3, -0.25) is 9.59 Å². The molecule has 0 aromatic heterocycles. The Morgan fingerprint density at radius 1 is 0.943 bits per heavy atom. The number of Topliss-reactive ketones (excluding diaryl/α,β-unsaturated/α-hetero) is 1. The highest BCUT2D eigenvalue weighted by Crippen LogP contribution is 2.40. The van der Waals surface area contributed by atoms with Crippen LogP contribution in [0.25, 0.3) is 5.76 Å². The fraction of sp³-hybridized carbons (Fsp3) is 0.241. The summed E-state index contributed by atoms with van der Waals surface area (Å²) in [5, 5.41) is 11.2. The van der Waals surface area contributed by atoms with Crippen molar-refractivity contribution in [3.8, 4) is 5.75 Å². The Bertz CT molecular complexity index is 1220. The molecule has 3 aromatic rings. The molecule has 1 atom stereocenters. The maximum Gasteiger partial charge on any atom is 0.295 e. The Hall–Kier alpha value is -4.06. The van der Waals surface area contributed by atoms with Crippen molar-refractivity contribution in [1.29, 1.82) is 0 Å². The van der Waals surface area contributed by atoms with E-state index in [-0.39, 0.29) is 11.3 Å². The first-order valence-electron chi connectivity index (χ1n) is 11.7. The fourth-order valence-corrected chi connectivity index (χ4v) is 4.34. The lowest BCUT2D eigenvalue weighted by atomic mass is 9.95. The largest absolute Gasteiger partial charge is 0.507 e. The number of rotatable bonds is 8. The topological polar surface area (TPSA) is 70.1 Å². The highest BCUT2D eigenvalue weighted by Gasteiger charge is 2.45. The number of hydrogen-bond donors (Lipinski definition) is 1. The van der Waals surface area contributed by atoms with E-state index < -0.39 is 17.7 Å². The van der Waals surface area contributed by atoms with Crippen molar-refractivity contribution in [3.63, 3.8) is 0 Å². The second kappa shape index (κ2) is 10.5. The van der Waals surface area contributed by atoms with Gasteiger partial charge in [-0.05, 0) is 60.9 Å². The van der Waals surface area contributed by atoms with Crippen molar-refractivity contribution >= 4 is 23.1 Å². The van der Waals surface area contributed by atoms with Crippen molar-refractivity contribution in [3.05, 3.63) is 101 Å². The number of aliphatic hydroxyl groups is 1. The van der Waals surface area contributed by atoms with Crippen molar-refractivity contribution in [2.45, 2.75) is 19.4 Å². The quantitative estimate of drug-likeness (QED) is 0.291. The number of likely N-dealkylation sites (tertiary alicyclic amines) is 1. The Balaban J connectivity index is 1.75. The van der Waals surface area contributed by atoms with E-state index in [0.717, 1.165) is 16.8 Å². The van der Waals surface area contributed by atoms with Gasteiger partial charge in [0.2, 0.25) is 0 Å². The van der Waals surface area contributed by atoms with E-state index >= 15 is 0 Å². The zero-order chi connectivity index (χ0) is 24.9. The summed E-state index contributed by atoms with van der Waals surface area (Å²) in [6.07, 6.45) is 0.600. The van der Waals surface area contributed by atoms with Crippen molar-refractivity contribution < 1.29 is 19.4 Å². The van der Waals surface area contributed by atoms with Crippen LogP contribution in [-0.4, -0.2) is 48.9 Å². The molecule has 0 spiro atoms. The number of benzene rings is 3. The molecule has 0 saturated carbocycles. The van der Waals surface area contributed by atoms with Crippen molar-refractivity contribution in [1.82, 2.24) is 4.90 Å². The molecule has 0 radical (unpaired) electrons. The Labute approximate surface area is 206 Å². The SMILES string of the molecule is CCOc1ccc(C(O)=C2C(=O)C(=O)N(CCc3ccccc3)C2c2ccc(N(C)C)cc2)cc1. The number of carbonyl (C=O) groups is 2. The van der Waals surface area contributed by atoms with Crippen LogP contribution in [0.4, 0.5) is 5.69 Å². The van der Waals surface area contributed by atoms with E-state index in [9.17, 15) is 14.7 Å². The lowest BCUT2D eigenvalue weighted by Crippen LogP contribution is -2.31. The van der Waals surface area contributed by atoms with Crippen LogP contribution in [-0.2, 0) is 16.0 Å². The standard InChI is InChI=1S/C29H30N2O4/c1-4-35-24-16-12-22(13-17-24)27(32)25-26(21-10-14-23(15-11-21)30(2)3)31(29(34)28(25)33)19-18-20-8-6-5-7-9-20/h5-17,26,32H,4,18-19H2,1-3H3. The predicted octanol–water partition coefficient (Wildman–Crippen LogP) is 4.82. The molecule has 0 bridgehead atoms. The molecule has 1 unspecified atom stereocenters. The maximum atomic E-state index is 13.2. The molecule has 1 heterocycles. The third kappa shape index (κ3) is 5.06. The van der Waals surface area contributed by atoms with Gasteiger partial charge in [0, 0.05) is 31.9 Å². The molecule has 0 aliphatic carbocycles. The van der Waals surface area contributed by atoms with Gasteiger partial charge < -0.3 is 19.6 Å². The van der Waals surface area contributed by atoms with E-state index in [1.165, 1.54) is 0 Å². The zero-order valence-corrected chi connectivity index (χ0v) is 20.3. The Morgan fingerprint density at radius 2 is 1.60 bits per heavy atom. The molecular weight excluding hydrogens is 440 g/mol. The molecule has 1 aliphatic heterocycles. The summed E-state index contributed by atoms with van der Waals surface area (Å²) >= 11 is 0. The van der Waals surface area contributed by atoms with Crippen molar-refractivity contribution in [2.75, 3.05) is 32.1 Å². The number of ketones is 1. The Morgan fingerprint density at radius 3 is 2.20 bits per heavy atom. The van der Waals surface area contributed by atoms with Gasteiger partial charge in [0.15, 0.2) is 0 Å². The molecule has 35 heavy (non-hydrogen) atoms. The average molecular weight is 471 g/mol. The van der Waals surface area contributed by atoms with Gasteiger partial charge >= 0.3 is 0 Å². The van der Waals surface area contributed by atoms with Crippen LogP contribution in [0.2, 0.25) is 0 Å². The predicted molar refractivity (Wildman–Crippen MR) is 138 cm³/mol. The van der Waals surface area contributed by atoms with E-state index in [1.54, 1.807) is 29.2 Å². The summed E-state index contributed by atoms with van der Waals surface area (Å²) in [7, 11) is 3.90. The molecule has 1 N–H and O–H groups in total. The highest BCUT2D eigenvalue weighted by molar-refractivity contribution is 6.46. The normalized spacial score (nSPS) is 17.0. The number of hydrogen-bond acceptors (Lipinski definition) is 5. The maximum absolute atomic E-state index is 13.2. The molecule has 4 rings (SSSR count). The van der Waals surface area contributed by atoms with Gasteiger partial charge in [-0.25, -0.2) is 0 Å². The first kappa shape index (κ1) is 24.1. The number of nitrogens with zero attached hydrogens (tertiary/aromatic N) is 2. The second-order valence-electron chi connectivity index (χ2n) is 8.67. The smallest absolute Gasteiger partial charge is 0.295 e. The van der Waals surface area contributed by atoms with Gasteiger partial charge in [0.05, 0.1) is 18.2 Å². The fourth-order valence-electron chi connectivity index (χ4n) is 4.34. The lowest BCUT2D eigenvalue weighted by Gasteiger charge is -2.26. The average Bonchev–Trinajstić information content (AvgIpc) is 3.13. The monoisotopic (exact) mass is 470 g/mol. The number of aliphatic hydroxyl groups excluding tert-OH is 1. The first-order chi connectivity index (χ1) is 16.9. The van der Waals surface area contributed by atoms with E-state index in [4.69, 9.17) is 4.74 Å². The molecular formula is C29H30N2O4. The number of ether oxygens (including phenoxy) is 1. The van der Waals surface area contributed by atoms with Crippen LogP contribution in [0.15, 0.2) is 84.4 Å². The molecule has 3 aromatic carbocycles. The molecule has 1 fully saturated rings. The lowest BCUT2D eigenvalue weighted by molar-refractivity contribution is -0.139. The molecule has 6 heteroatoms. The minimum absolute atomic E-state index is 0.102. The third-order valence-corrected chi connectivity index (χ3v) is 6.19. The van der Waals surface area contributed by atoms with E-state index in [2.05, 4.69) is 0 Å². The van der Waals surface area contributed by atoms with Crippen molar-refractivity contribution in [2.24, 2.45) is 0 Å². The number of carbonyl (C=O) groups excluding carboxylic acids is 2. The van der Waals surface area contributed by atoms with Crippen LogP contribution < -0.4 is 9.64 Å². The third-order valence-electron chi connectivity index (χ3n) is 6.19. The zero-order valence-electron chi connectivity index (χ0n) is 20.3. The van der Waals surface area contributed by atoms with Gasteiger partial charge in [0.25, 0.3) is 11.7 Å². The van der Waals surface area contributed by atoms with Gasteiger partial charge in [-0.2, -0.15) is 0 Å². The first-order valence-corrected chi connectivity index (χ1v) is 11.7. The Kier molecular flexibility index (Phi) is 7.20. The summed E-state index contributed by atoms with van der Waals surface area (Å²) in [6.45, 7) is 2.78. The minimum Gasteiger partial charge on any atom is -0.507 e. The molecule has 180 valence electrons. The molecule has 6 nitrogen and oxygen atoms in total. The van der Waals surface area contributed by atoms with Crippen LogP contribution in [0.1, 0.15) is 29.7 Å². The summed E-state index contributed by atoms with van der Waals surface area (Å²) < 4.78 is 5.49. The van der Waals surface area contributed by atoms with E-state index in [1.807, 2.05) is 80.5 Å². The molecule has 1 amide bonds. The summed E-state index contributed by atoms with van der Waals surface area (Å²) in [4.78, 5) is 30.0. The summed E-state index contributed by atoms with van der Waals surface area (Å²) in [5.41, 5.74) is 3.41. The molecule has 1 saturated heterocycles. The van der Waals surface area contributed by atoms with Crippen LogP contribution in [0, 0.1) is 0 Å². The number of anilines is 1. The second-order valence-corrected chi connectivity index (χ2v) is 8.67. The van der Waals surface area contributed by atoms with Crippen LogP contribution >= 0.6 is 0 Å². The van der Waals surface area contributed by atoms with Gasteiger partial charge in [-0.15, -0.1) is 0 Å². The summed E-state index contributed by atoms with van der Waals surface area (Å²) in [5.74, 6) is -0.792.